The molecule has 0 fully saturated rings. The van der Waals surface area contributed by atoms with Gasteiger partial charge in [-0.1, -0.05) is 42.0 Å². The maximum absolute atomic E-state index is 9.42. The van der Waals surface area contributed by atoms with Crippen LogP contribution in [-0.2, 0) is 6.42 Å². The van der Waals surface area contributed by atoms with Gasteiger partial charge in [-0.25, -0.2) is 9.97 Å². The van der Waals surface area contributed by atoms with Gasteiger partial charge in [0.2, 0.25) is 0 Å². The molecule has 0 spiro atoms. The van der Waals surface area contributed by atoms with Gasteiger partial charge in [-0.15, -0.1) is 0 Å². The summed E-state index contributed by atoms with van der Waals surface area (Å²) in [7, 11) is 1.57. The molecule has 0 bridgehead atoms. The monoisotopic (exact) mass is 351 g/mol. The van der Waals surface area contributed by atoms with Crippen LogP contribution in [0.25, 0.3) is 11.4 Å². The number of ether oxygens (including phenoxy) is 2. The fourth-order valence-corrected chi connectivity index (χ4v) is 2.55. The number of aryl methyl sites for hydroxylation is 1. The third kappa shape index (κ3) is 3.75. The van der Waals surface area contributed by atoms with E-state index in [2.05, 4.69) is 9.97 Å². The first-order valence-electron chi connectivity index (χ1n) is 8.27. The lowest BCUT2D eigenvalue weighted by atomic mass is 10.1. The van der Waals surface area contributed by atoms with Gasteiger partial charge < -0.3 is 20.3 Å². The number of aromatic nitrogens is 2. The first kappa shape index (κ1) is 17.7. The molecule has 0 unspecified atom stereocenters. The Hall–Kier alpha value is -3.12. The Morgan fingerprint density at radius 1 is 1.00 bits per heavy atom. The van der Waals surface area contributed by atoms with Crippen LogP contribution in [0.15, 0.2) is 48.5 Å². The van der Waals surface area contributed by atoms with Gasteiger partial charge in [-0.05, 0) is 19.1 Å². The van der Waals surface area contributed by atoms with Crippen molar-refractivity contribution in [3.63, 3.8) is 0 Å². The zero-order chi connectivity index (χ0) is 18.5. The molecule has 134 valence electrons. The highest BCUT2D eigenvalue weighted by Gasteiger charge is 2.17. The minimum absolute atomic E-state index is 0.0773. The Morgan fingerprint density at radius 2 is 1.69 bits per heavy atom. The summed E-state index contributed by atoms with van der Waals surface area (Å²) in [5, 5.41) is 9.42. The van der Waals surface area contributed by atoms with Gasteiger partial charge in [0.15, 0.2) is 28.9 Å². The number of aliphatic hydroxyl groups excluding tert-OH is 1. The molecule has 3 aromatic rings. The zero-order valence-corrected chi connectivity index (χ0v) is 14.8. The van der Waals surface area contributed by atoms with Crippen LogP contribution in [0, 0.1) is 6.92 Å². The molecule has 3 N–H and O–H groups in total. The highest BCUT2D eigenvalue weighted by atomic mass is 16.5. The van der Waals surface area contributed by atoms with Crippen molar-refractivity contribution in [2.24, 2.45) is 0 Å². The molecule has 1 heterocycles. The van der Waals surface area contributed by atoms with E-state index in [0.717, 1.165) is 11.1 Å². The fourth-order valence-electron chi connectivity index (χ4n) is 2.55. The van der Waals surface area contributed by atoms with E-state index in [4.69, 9.17) is 15.2 Å². The SMILES string of the molecule is COc1ccccc1Oc1c(N)nc(-c2ccc(C)cc2)nc1CCO. The summed E-state index contributed by atoms with van der Waals surface area (Å²) in [6.45, 7) is 1.94. The average molecular weight is 351 g/mol. The number of para-hydroxylation sites is 2. The van der Waals surface area contributed by atoms with E-state index in [9.17, 15) is 5.11 Å². The first-order chi connectivity index (χ1) is 12.6. The van der Waals surface area contributed by atoms with Crippen LogP contribution in [-0.4, -0.2) is 28.8 Å². The highest BCUT2D eigenvalue weighted by molar-refractivity contribution is 5.62. The Morgan fingerprint density at radius 3 is 2.35 bits per heavy atom. The van der Waals surface area contributed by atoms with Crippen LogP contribution >= 0.6 is 0 Å². The van der Waals surface area contributed by atoms with Crippen LogP contribution < -0.4 is 15.2 Å². The number of anilines is 1. The van der Waals surface area contributed by atoms with Crippen molar-refractivity contribution in [1.29, 1.82) is 0 Å². The van der Waals surface area contributed by atoms with Crippen LogP contribution in [0.1, 0.15) is 11.3 Å². The molecule has 2 aromatic carbocycles. The van der Waals surface area contributed by atoms with Crippen molar-refractivity contribution in [3.05, 3.63) is 59.8 Å². The minimum atomic E-state index is -0.0773. The van der Waals surface area contributed by atoms with Gasteiger partial charge in [0.1, 0.15) is 0 Å². The second-order valence-electron chi connectivity index (χ2n) is 5.80. The van der Waals surface area contributed by atoms with E-state index in [1.165, 1.54) is 0 Å². The third-order valence-corrected chi connectivity index (χ3v) is 3.90. The molecule has 6 nitrogen and oxygen atoms in total. The number of benzene rings is 2. The van der Waals surface area contributed by atoms with E-state index in [0.29, 0.717) is 35.2 Å². The summed E-state index contributed by atoms with van der Waals surface area (Å²) >= 11 is 0. The number of hydrogen-bond donors (Lipinski definition) is 2. The molecule has 0 amide bonds. The zero-order valence-electron chi connectivity index (χ0n) is 14.8. The van der Waals surface area contributed by atoms with Gasteiger partial charge >= 0.3 is 0 Å². The predicted octanol–water partition coefficient (Wildman–Crippen LogP) is 3.37. The van der Waals surface area contributed by atoms with E-state index in [1.54, 1.807) is 19.2 Å². The maximum Gasteiger partial charge on any atom is 0.191 e. The quantitative estimate of drug-likeness (QED) is 0.708. The number of nitrogens with two attached hydrogens (primary N) is 1. The highest BCUT2D eigenvalue weighted by Crippen LogP contribution is 2.36. The summed E-state index contributed by atoms with van der Waals surface area (Å²) in [5.41, 5.74) is 8.70. The number of nitrogens with zero attached hydrogens (tertiary/aromatic N) is 2. The third-order valence-electron chi connectivity index (χ3n) is 3.90. The molecule has 0 aliphatic carbocycles. The van der Waals surface area contributed by atoms with E-state index in [1.807, 2.05) is 43.3 Å². The van der Waals surface area contributed by atoms with Crippen molar-refractivity contribution in [2.45, 2.75) is 13.3 Å². The molecule has 0 aliphatic rings. The van der Waals surface area contributed by atoms with Gasteiger partial charge in [0.05, 0.1) is 12.8 Å². The van der Waals surface area contributed by atoms with Crippen molar-refractivity contribution in [2.75, 3.05) is 19.5 Å². The normalized spacial score (nSPS) is 10.6. The number of nitrogen functional groups attached to an aromatic ring is 1. The lowest BCUT2D eigenvalue weighted by Crippen LogP contribution is -2.07. The van der Waals surface area contributed by atoms with Crippen molar-refractivity contribution in [1.82, 2.24) is 9.97 Å². The van der Waals surface area contributed by atoms with E-state index in [-0.39, 0.29) is 12.4 Å². The largest absolute Gasteiger partial charge is 0.493 e. The summed E-state index contributed by atoms with van der Waals surface area (Å²) in [6.07, 6.45) is 0.302. The average Bonchev–Trinajstić information content (AvgIpc) is 2.65. The molecule has 0 atom stereocenters. The van der Waals surface area contributed by atoms with E-state index >= 15 is 0 Å². The number of methoxy groups -OCH3 is 1. The Kier molecular flexibility index (Phi) is 5.34. The summed E-state index contributed by atoms with van der Waals surface area (Å²) in [5.74, 6) is 2.12. The molecular formula is C20H21N3O3. The van der Waals surface area contributed by atoms with Crippen molar-refractivity contribution < 1.29 is 14.6 Å². The molecule has 0 radical (unpaired) electrons. The van der Waals surface area contributed by atoms with Crippen molar-refractivity contribution in [3.8, 4) is 28.6 Å². The fraction of sp³-hybridized carbons (Fsp3) is 0.200. The maximum atomic E-state index is 9.42. The number of hydrogen-bond acceptors (Lipinski definition) is 6. The molecule has 0 aliphatic heterocycles. The van der Waals surface area contributed by atoms with Crippen LogP contribution in [0.4, 0.5) is 5.82 Å². The molecule has 26 heavy (non-hydrogen) atoms. The van der Waals surface area contributed by atoms with Gasteiger partial charge in [-0.3, -0.25) is 0 Å². The van der Waals surface area contributed by atoms with Gasteiger partial charge in [-0.2, -0.15) is 0 Å². The molecular weight excluding hydrogens is 330 g/mol. The topological polar surface area (TPSA) is 90.5 Å². The number of rotatable bonds is 6. The van der Waals surface area contributed by atoms with Crippen LogP contribution in [0.2, 0.25) is 0 Å². The Balaban J connectivity index is 2.03. The molecule has 1 aromatic heterocycles. The van der Waals surface area contributed by atoms with E-state index < -0.39 is 0 Å². The molecule has 0 saturated heterocycles. The predicted molar refractivity (Wildman–Crippen MR) is 100 cm³/mol. The van der Waals surface area contributed by atoms with Gasteiger partial charge in [0.25, 0.3) is 0 Å². The summed E-state index contributed by atoms with van der Waals surface area (Å²) < 4.78 is 11.2. The standard InChI is InChI=1S/C20H21N3O3/c1-13-7-9-14(10-8-13)20-22-15(11-12-24)18(19(21)23-20)26-17-6-4-3-5-16(17)25-2/h3-10,24H,11-12H2,1-2H3,(H2,21,22,23). The van der Waals surface area contributed by atoms with Crippen LogP contribution in [0.5, 0.6) is 17.2 Å². The lowest BCUT2D eigenvalue weighted by Gasteiger charge is -2.15. The summed E-state index contributed by atoms with van der Waals surface area (Å²) in [4.78, 5) is 8.94. The van der Waals surface area contributed by atoms with Gasteiger partial charge in [0, 0.05) is 18.6 Å². The Labute approximate surface area is 152 Å². The lowest BCUT2D eigenvalue weighted by molar-refractivity contribution is 0.295. The summed E-state index contributed by atoms with van der Waals surface area (Å²) in [6, 6.07) is 15.1. The first-order valence-corrected chi connectivity index (χ1v) is 8.27. The molecule has 0 saturated carbocycles. The second-order valence-corrected chi connectivity index (χ2v) is 5.80. The number of aliphatic hydroxyl groups is 1. The van der Waals surface area contributed by atoms with Crippen molar-refractivity contribution >= 4 is 5.82 Å². The molecule has 6 heteroatoms. The smallest absolute Gasteiger partial charge is 0.191 e. The molecule has 3 rings (SSSR count). The van der Waals surface area contributed by atoms with Crippen LogP contribution in [0.3, 0.4) is 0 Å². The second kappa shape index (κ2) is 7.84. The minimum Gasteiger partial charge on any atom is -0.493 e. The Bertz CT molecular complexity index is 895.